The number of hydrogen-bond donors (Lipinski definition) is 2. The summed E-state index contributed by atoms with van der Waals surface area (Å²) in [5, 5.41) is 6.95. The molecule has 1 aliphatic rings. The second-order valence-electron chi connectivity index (χ2n) is 8.89. The molecule has 4 aromatic rings. The van der Waals surface area contributed by atoms with E-state index in [-0.39, 0.29) is 29.4 Å². The fourth-order valence-electron chi connectivity index (χ4n) is 4.64. The van der Waals surface area contributed by atoms with E-state index in [0.29, 0.717) is 11.7 Å². The minimum absolute atomic E-state index is 0.0446. The molecule has 0 aliphatic carbocycles. The van der Waals surface area contributed by atoms with Gasteiger partial charge in [-0.25, -0.2) is 4.39 Å². The van der Waals surface area contributed by atoms with Gasteiger partial charge < -0.3 is 20.1 Å². The topological polar surface area (TPSA) is 62.2 Å². The van der Waals surface area contributed by atoms with Crippen molar-refractivity contribution in [3.63, 3.8) is 0 Å². The van der Waals surface area contributed by atoms with E-state index in [4.69, 9.17) is 23.8 Å². The fraction of sp³-hybridized carbons (Fsp3) is 0.179. The highest BCUT2D eigenvalue weighted by Crippen LogP contribution is 2.39. The zero-order valence-electron chi connectivity index (χ0n) is 20.1. The number of anilines is 1. The number of aryl methyl sites for hydroxylation is 1. The maximum atomic E-state index is 13.9. The normalized spacial score (nSPS) is 17.1. The molecule has 1 saturated heterocycles. The minimum atomic E-state index is -0.476. The molecule has 2 N–H and O–H groups in total. The molecular formula is C28H25ClFN5OS. The summed E-state index contributed by atoms with van der Waals surface area (Å²) in [6, 6.07) is 21.5. The Morgan fingerprint density at radius 3 is 2.76 bits per heavy atom. The Morgan fingerprint density at radius 1 is 1.14 bits per heavy atom. The molecule has 0 spiro atoms. The number of hydrogen-bond acceptors (Lipinski definition) is 3. The van der Waals surface area contributed by atoms with E-state index in [9.17, 15) is 9.18 Å². The SMILES string of the molecule is Cc1cccc(NC(=O)CCN2C(=S)NC(c3ccccn3)C2c2cccn2-c2ccc(F)c(Cl)c2)c1. The molecule has 2 aromatic carbocycles. The summed E-state index contributed by atoms with van der Waals surface area (Å²) in [7, 11) is 0. The molecule has 1 aliphatic heterocycles. The molecule has 2 unspecified atom stereocenters. The Bertz CT molecular complexity index is 1440. The summed E-state index contributed by atoms with van der Waals surface area (Å²) in [4.78, 5) is 19.4. The highest BCUT2D eigenvalue weighted by Gasteiger charge is 2.41. The first-order chi connectivity index (χ1) is 17.9. The lowest BCUT2D eigenvalue weighted by molar-refractivity contribution is -0.116. The third-order valence-corrected chi connectivity index (χ3v) is 6.99. The summed E-state index contributed by atoms with van der Waals surface area (Å²) < 4.78 is 15.8. The first kappa shape index (κ1) is 24.9. The monoisotopic (exact) mass is 533 g/mol. The van der Waals surface area contributed by atoms with Crippen LogP contribution in [0.15, 0.2) is 85.2 Å². The Labute approximate surface area is 225 Å². The Balaban J connectivity index is 1.45. The number of halogens is 2. The van der Waals surface area contributed by atoms with Gasteiger partial charge in [-0.1, -0.05) is 29.8 Å². The molecule has 5 rings (SSSR count). The van der Waals surface area contributed by atoms with Gasteiger partial charge in [-0.15, -0.1) is 0 Å². The maximum absolute atomic E-state index is 13.9. The van der Waals surface area contributed by atoms with Crippen LogP contribution in [0.4, 0.5) is 10.1 Å². The van der Waals surface area contributed by atoms with Gasteiger partial charge in [0.2, 0.25) is 5.91 Å². The van der Waals surface area contributed by atoms with Crippen molar-refractivity contribution in [2.24, 2.45) is 0 Å². The minimum Gasteiger partial charge on any atom is -0.352 e. The largest absolute Gasteiger partial charge is 0.352 e. The lowest BCUT2D eigenvalue weighted by atomic mass is 10.0. The number of benzene rings is 2. The molecule has 37 heavy (non-hydrogen) atoms. The van der Waals surface area contributed by atoms with Gasteiger partial charge in [0.25, 0.3) is 0 Å². The van der Waals surface area contributed by atoms with Crippen LogP contribution in [0.5, 0.6) is 0 Å². The van der Waals surface area contributed by atoms with Crippen LogP contribution < -0.4 is 10.6 Å². The summed E-state index contributed by atoms with van der Waals surface area (Å²) >= 11 is 11.8. The Kier molecular flexibility index (Phi) is 7.21. The van der Waals surface area contributed by atoms with Crippen molar-refractivity contribution in [3.8, 4) is 5.69 Å². The number of thiocarbonyl (C=S) groups is 1. The number of pyridine rings is 1. The second kappa shape index (κ2) is 10.7. The zero-order chi connectivity index (χ0) is 25.9. The number of rotatable bonds is 7. The van der Waals surface area contributed by atoms with E-state index in [0.717, 1.165) is 28.3 Å². The van der Waals surface area contributed by atoms with Crippen molar-refractivity contribution in [2.75, 3.05) is 11.9 Å². The molecule has 188 valence electrons. The average molecular weight is 534 g/mol. The predicted molar refractivity (Wildman–Crippen MR) is 147 cm³/mol. The van der Waals surface area contributed by atoms with Gasteiger partial charge >= 0.3 is 0 Å². The molecule has 3 heterocycles. The predicted octanol–water partition coefficient (Wildman–Crippen LogP) is 5.97. The van der Waals surface area contributed by atoms with Crippen LogP contribution in [-0.2, 0) is 4.79 Å². The van der Waals surface area contributed by atoms with Gasteiger partial charge in [0.15, 0.2) is 5.11 Å². The number of nitrogens with one attached hydrogen (secondary N) is 2. The van der Waals surface area contributed by atoms with Crippen molar-refractivity contribution in [1.82, 2.24) is 19.8 Å². The number of nitrogens with zero attached hydrogens (tertiary/aromatic N) is 3. The van der Waals surface area contributed by atoms with E-state index < -0.39 is 5.82 Å². The lowest BCUT2D eigenvalue weighted by Gasteiger charge is -2.29. The molecule has 1 amide bonds. The van der Waals surface area contributed by atoms with Crippen LogP contribution in [0.3, 0.4) is 0 Å². The molecule has 2 atom stereocenters. The van der Waals surface area contributed by atoms with Crippen LogP contribution in [0.2, 0.25) is 5.02 Å². The van der Waals surface area contributed by atoms with Gasteiger partial charge in [-0.2, -0.15) is 0 Å². The maximum Gasteiger partial charge on any atom is 0.226 e. The van der Waals surface area contributed by atoms with E-state index in [2.05, 4.69) is 15.6 Å². The zero-order valence-corrected chi connectivity index (χ0v) is 21.6. The summed E-state index contributed by atoms with van der Waals surface area (Å²) in [6.07, 6.45) is 3.89. The highest BCUT2D eigenvalue weighted by molar-refractivity contribution is 7.80. The van der Waals surface area contributed by atoms with Gasteiger partial charge in [0.05, 0.1) is 22.8 Å². The van der Waals surface area contributed by atoms with Gasteiger partial charge in [0.1, 0.15) is 5.82 Å². The number of carbonyl (C=O) groups is 1. The van der Waals surface area contributed by atoms with Crippen molar-refractivity contribution >= 4 is 40.5 Å². The molecule has 9 heteroatoms. The van der Waals surface area contributed by atoms with Gasteiger partial charge in [-0.3, -0.25) is 9.78 Å². The molecular weight excluding hydrogens is 509 g/mol. The van der Waals surface area contributed by atoms with Crippen LogP contribution in [-0.4, -0.2) is 32.0 Å². The highest BCUT2D eigenvalue weighted by atomic mass is 35.5. The van der Waals surface area contributed by atoms with Crippen LogP contribution in [0, 0.1) is 12.7 Å². The molecule has 2 aromatic heterocycles. The van der Waals surface area contributed by atoms with E-state index >= 15 is 0 Å². The van der Waals surface area contributed by atoms with Crippen LogP contribution in [0.1, 0.15) is 35.5 Å². The average Bonchev–Trinajstić information content (AvgIpc) is 3.49. The Hall–Kier alpha value is -3.75. The summed E-state index contributed by atoms with van der Waals surface area (Å²) in [6.45, 7) is 2.38. The molecule has 0 bridgehead atoms. The standard InChI is InChI=1S/C28H25ClFN5OS/c1-18-6-4-7-19(16-18)32-25(36)12-15-35-27(26(33-28(35)37)23-8-2-3-13-31-23)24-9-5-14-34(24)20-10-11-22(30)21(29)17-20/h2-11,13-14,16-17,26-27H,12,15H2,1H3,(H,32,36)(H,33,37). The fourth-order valence-corrected chi connectivity index (χ4v) is 5.15. The number of aromatic nitrogens is 2. The van der Waals surface area contributed by atoms with Gasteiger partial charge in [0, 0.05) is 42.4 Å². The first-order valence-electron chi connectivity index (χ1n) is 11.9. The van der Waals surface area contributed by atoms with Crippen molar-refractivity contribution < 1.29 is 9.18 Å². The quantitative estimate of drug-likeness (QED) is 0.286. The molecule has 1 fully saturated rings. The Morgan fingerprint density at radius 2 is 2.00 bits per heavy atom. The third kappa shape index (κ3) is 5.35. The van der Waals surface area contributed by atoms with Crippen LogP contribution >= 0.6 is 23.8 Å². The molecule has 0 radical (unpaired) electrons. The first-order valence-corrected chi connectivity index (χ1v) is 12.7. The lowest BCUT2D eigenvalue weighted by Crippen LogP contribution is -2.33. The van der Waals surface area contributed by atoms with Crippen molar-refractivity contribution in [2.45, 2.75) is 25.4 Å². The number of carbonyl (C=O) groups excluding carboxylic acids is 1. The van der Waals surface area contributed by atoms with Crippen molar-refractivity contribution in [1.29, 1.82) is 0 Å². The smallest absolute Gasteiger partial charge is 0.226 e. The van der Waals surface area contributed by atoms with Crippen LogP contribution in [0.25, 0.3) is 5.69 Å². The summed E-state index contributed by atoms with van der Waals surface area (Å²) in [5.41, 5.74) is 4.29. The summed E-state index contributed by atoms with van der Waals surface area (Å²) in [5.74, 6) is -0.579. The van der Waals surface area contributed by atoms with E-state index in [1.54, 1.807) is 18.3 Å². The third-order valence-electron chi connectivity index (χ3n) is 6.34. The van der Waals surface area contributed by atoms with E-state index in [1.807, 2.05) is 77.2 Å². The second-order valence-corrected chi connectivity index (χ2v) is 9.68. The van der Waals surface area contributed by atoms with Gasteiger partial charge in [-0.05, 0) is 79.3 Å². The molecule has 6 nitrogen and oxygen atoms in total. The van der Waals surface area contributed by atoms with Crippen molar-refractivity contribution in [3.05, 3.63) is 113 Å². The molecule has 0 saturated carbocycles. The number of amides is 1. The van der Waals surface area contributed by atoms with E-state index in [1.165, 1.54) is 6.07 Å².